The molecule has 0 aliphatic rings. The van der Waals surface area contributed by atoms with E-state index in [1.165, 1.54) is 19.3 Å². The number of aromatic nitrogens is 2. The molecule has 1 heterocycles. The molecule has 0 aromatic carbocycles. The SMILES string of the molecule is CC(=O)c1cnc(N(C(=O)OC(C)(C)C)C(=O)OC(C)(C)C)nc1. The number of amides is 2. The second-order valence-corrected chi connectivity index (χ2v) is 7.12. The molecule has 8 heteroatoms. The van der Waals surface area contributed by atoms with Crippen LogP contribution in [0.1, 0.15) is 58.8 Å². The maximum absolute atomic E-state index is 12.4. The fraction of sp³-hybridized carbons (Fsp3) is 0.562. The number of nitrogens with zero attached hydrogens (tertiary/aromatic N) is 3. The molecule has 0 spiro atoms. The van der Waals surface area contributed by atoms with Gasteiger partial charge in [0.15, 0.2) is 5.78 Å². The molecule has 2 amide bonds. The van der Waals surface area contributed by atoms with Crippen molar-refractivity contribution >= 4 is 23.9 Å². The quantitative estimate of drug-likeness (QED) is 0.763. The largest absolute Gasteiger partial charge is 0.443 e. The van der Waals surface area contributed by atoms with Crippen molar-refractivity contribution in [3.05, 3.63) is 18.0 Å². The fourth-order valence-corrected chi connectivity index (χ4v) is 1.47. The number of ether oxygens (including phenoxy) is 2. The lowest BCUT2D eigenvalue weighted by Gasteiger charge is -2.27. The average Bonchev–Trinajstić information content (AvgIpc) is 2.34. The normalized spacial score (nSPS) is 11.6. The zero-order valence-corrected chi connectivity index (χ0v) is 15.0. The van der Waals surface area contributed by atoms with Crippen LogP contribution in [0.3, 0.4) is 0 Å². The Bertz CT molecular complexity index is 599. The van der Waals surface area contributed by atoms with Gasteiger partial charge in [-0.1, -0.05) is 0 Å². The van der Waals surface area contributed by atoms with Gasteiger partial charge in [-0.05, 0) is 48.5 Å². The van der Waals surface area contributed by atoms with Crippen molar-refractivity contribution in [2.24, 2.45) is 0 Å². The lowest BCUT2D eigenvalue weighted by Crippen LogP contribution is -2.44. The molecule has 1 aromatic heterocycles. The maximum Gasteiger partial charge on any atom is 0.427 e. The van der Waals surface area contributed by atoms with Crippen molar-refractivity contribution < 1.29 is 23.9 Å². The van der Waals surface area contributed by atoms with Crippen molar-refractivity contribution in [2.75, 3.05) is 4.90 Å². The van der Waals surface area contributed by atoms with E-state index in [1.807, 2.05) is 0 Å². The van der Waals surface area contributed by atoms with Gasteiger partial charge >= 0.3 is 12.2 Å². The molecule has 1 aromatic rings. The standard InChI is InChI=1S/C16H23N3O5/c1-10(20)11-8-17-12(18-9-11)19(13(21)23-15(2,3)4)14(22)24-16(5,6)7/h8-9H,1-7H3. The summed E-state index contributed by atoms with van der Waals surface area (Å²) in [7, 11) is 0. The minimum Gasteiger partial charge on any atom is -0.443 e. The van der Waals surface area contributed by atoms with Gasteiger partial charge in [0.2, 0.25) is 5.95 Å². The Morgan fingerprint density at radius 3 is 1.54 bits per heavy atom. The topological polar surface area (TPSA) is 98.7 Å². The molecular formula is C16H23N3O5. The predicted octanol–water partition coefficient (Wildman–Crippen LogP) is 3.36. The number of rotatable bonds is 2. The van der Waals surface area contributed by atoms with E-state index in [9.17, 15) is 14.4 Å². The Morgan fingerprint density at radius 1 is 0.875 bits per heavy atom. The number of hydrogen-bond donors (Lipinski definition) is 0. The third-order valence-electron chi connectivity index (χ3n) is 2.40. The van der Waals surface area contributed by atoms with E-state index in [-0.39, 0.29) is 17.3 Å². The highest BCUT2D eigenvalue weighted by molar-refractivity contribution is 6.08. The number of ketones is 1. The van der Waals surface area contributed by atoms with Crippen LogP contribution in [0, 0.1) is 0 Å². The van der Waals surface area contributed by atoms with Crippen LogP contribution < -0.4 is 4.90 Å². The van der Waals surface area contributed by atoms with E-state index in [2.05, 4.69) is 9.97 Å². The highest BCUT2D eigenvalue weighted by atomic mass is 16.6. The van der Waals surface area contributed by atoms with Gasteiger partial charge in [-0.15, -0.1) is 4.90 Å². The van der Waals surface area contributed by atoms with Crippen LogP contribution in [0.25, 0.3) is 0 Å². The summed E-state index contributed by atoms with van der Waals surface area (Å²) in [5.74, 6) is -0.467. The Hall–Kier alpha value is -2.51. The monoisotopic (exact) mass is 337 g/mol. The van der Waals surface area contributed by atoms with Crippen LogP contribution >= 0.6 is 0 Å². The molecule has 24 heavy (non-hydrogen) atoms. The first-order valence-corrected chi connectivity index (χ1v) is 7.39. The Labute approximate surface area is 141 Å². The first-order valence-electron chi connectivity index (χ1n) is 7.39. The highest BCUT2D eigenvalue weighted by Crippen LogP contribution is 2.18. The van der Waals surface area contributed by atoms with Crippen LogP contribution in [0.15, 0.2) is 12.4 Å². The molecule has 0 aliphatic heterocycles. The van der Waals surface area contributed by atoms with Gasteiger partial charge in [0, 0.05) is 12.4 Å². The number of imide groups is 1. The molecule has 0 saturated heterocycles. The van der Waals surface area contributed by atoms with Crippen molar-refractivity contribution in [1.82, 2.24) is 9.97 Å². The van der Waals surface area contributed by atoms with E-state index >= 15 is 0 Å². The molecule has 0 fully saturated rings. The minimum absolute atomic E-state index is 0.233. The highest BCUT2D eigenvalue weighted by Gasteiger charge is 2.34. The summed E-state index contributed by atoms with van der Waals surface area (Å²) in [4.78, 5) is 44.4. The van der Waals surface area contributed by atoms with Crippen molar-refractivity contribution in [1.29, 1.82) is 0 Å². The van der Waals surface area contributed by atoms with Gasteiger partial charge in [-0.3, -0.25) is 4.79 Å². The van der Waals surface area contributed by atoms with Gasteiger partial charge in [0.05, 0.1) is 5.56 Å². The summed E-state index contributed by atoms with van der Waals surface area (Å²) in [6.07, 6.45) is 0.526. The smallest absolute Gasteiger partial charge is 0.427 e. The second kappa shape index (κ2) is 6.94. The van der Waals surface area contributed by atoms with Crippen LogP contribution in [-0.2, 0) is 9.47 Å². The van der Waals surface area contributed by atoms with E-state index in [4.69, 9.17) is 9.47 Å². The number of carbonyl (C=O) groups is 3. The molecule has 0 saturated carbocycles. The first-order chi connectivity index (χ1) is 10.8. The Morgan fingerprint density at radius 2 is 1.25 bits per heavy atom. The molecule has 0 radical (unpaired) electrons. The third kappa shape index (κ3) is 5.94. The number of Topliss-reactive ketones (excluding diaryl/α,β-unsaturated/α-hetero) is 1. The summed E-state index contributed by atoms with van der Waals surface area (Å²) < 4.78 is 10.4. The van der Waals surface area contributed by atoms with E-state index in [0.717, 1.165) is 0 Å². The molecular weight excluding hydrogens is 314 g/mol. The Kier molecular flexibility index (Phi) is 5.65. The van der Waals surface area contributed by atoms with Crippen LogP contribution in [0.5, 0.6) is 0 Å². The molecule has 0 N–H and O–H groups in total. The van der Waals surface area contributed by atoms with E-state index in [0.29, 0.717) is 4.90 Å². The minimum atomic E-state index is -0.965. The van der Waals surface area contributed by atoms with E-state index < -0.39 is 23.4 Å². The molecule has 1 rings (SSSR count). The molecule has 0 bridgehead atoms. The number of anilines is 1. The van der Waals surface area contributed by atoms with Gasteiger partial charge in [-0.2, -0.15) is 0 Å². The zero-order valence-electron chi connectivity index (χ0n) is 15.0. The zero-order chi connectivity index (χ0) is 18.7. The lowest BCUT2D eigenvalue weighted by atomic mass is 10.2. The van der Waals surface area contributed by atoms with Gasteiger partial charge in [0.1, 0.15) is 11.2 Å². The molecule has 0 aliphatic carbocycles. The van der Waals surface area contributed by atoms with Crippen LogP contribution in [-0.4, -0.2) is 39.1 Å². The summed E-state index contributed by atoms with van der Waals surface area (Å²) >= 11 is 0. The molecule has 0 atom stereocenters. The Balaban J connectivity index is 3.19. The maximum atomic E-state index is 12.4. The fourth-order valence-electron chi connectivity index (χ4n) is 1.47. The first kappa shape index (κ1) is 19.5. The summed E-state index contributed by atoms with van der Waals surface area (Å²) in [6, 6.07) is 0. The van der Waals surface area contributed by atoms with Gasteiger partial charge in [-0.25, -0.2) is 19.6 Å². The molecule has 8 nitrogen and oxygen atoms in total. The number of hydrogen-bond acceptors (Lipinski definition) is 7. The second-order valence-electron chi connectivity index (χ2n) is 7.12. The van der Waals surface area contributed by atoms with Crippen LogP contribution in [0.2, 0.25) is 0 Å². The molecule has 0 unspecified atom stereocenters. The average molecular weight is 337 g/mol. The van der Waals surface area contributed by atoms with Crippen molar-refractivity contribution in [2.45, 2.75) is 59.7 Å². The summed E-state index contributed by atoms with van der Waals surface area (Å²) in [6.45, 7) is 11.3. The summed E-state index contributed by atoms with van der Waals surface area (Å²) in [5.41, 5.74) is -1.39. The van der Waals surface area contributed by atoms with Gasteiger partial charge in [0.25, 0.3) is 0 Å². The third-order valence-corrected chi connectivity index (χ3v) is 2.40. The van der Waals surface area contributed by atoms with Crippen molar-refractivity contribution in [3.8, 4) is 0 Å². The van der Waals surface area contributed by atoms with Crippen molar-refractivity contribution in [3.63, 3.8) is 0 Å². The summed E-state index contributed by atoms with van der Waals surface area (Å²) in [5, 5.41) is 0. The molecule has 132 valence electrons. The van der Waals surface area contributed by atoms with Crippen LogP contribution in [0.4, 0.5) is 15.5 Å². The van der Waals surface area contributed by atoms with E-state index in [1.54, 1.807) is 41.5 Å². The predicted molar refractivity (Wildman–Crippen MR) is 87.0 cm³/mol. The van der Waals surface area contributed by atoms with Gasteiger partial charge < -0.3 is 9.47 Å². The number of carbonyl (C=O) groups excluding carboxylic acids is 3. The lowest BCUT2D eigenvalue weighted by molar-refractivity contribution is 0.0427.